The molecule has 0 saturated carbocycles. The molecule has 0 saturated heterocycles. The van der Waals surface area contributed by atoms with Gasteiger partial charge >= 0.3 is 0 Å². The Morgan fingerprint density at radius 2 is 2.06 bits per heavy atom. The summed E-state index contributed by atoms with van der Waals surface area (Å²) in [6.45, 7) is 4.29. The number of nitriles is 1. The minimum atomic E-state index is -0.741. The van der Waals surface area contributed by atoms with Crippen molar-refractivity contribution >= 4 is 17.3 Å². The van der Waals surface area contributed by atoms with E-state index in [4.69, 9.17) is 16.9 Å². The molecule has 3 nitrogen and oxygen atoms in total. The highest BCUT2D eigenvalue weighted by molar-refractivity contribution is 6.32. The Kier molecular flexibility index (Phi) is 4.80. The molecule has 0 aliphatic heterocycles. The third kappa shape index (κ3) is 3.36. The lowest BCUT2D eigenvalue weighted by molar-refractivity contribution is 0.0457. The van der Waals surface area contributed by atoms with Crippen LogP contribution < -0.4 is 5.32 Å². The van der Waals surface area contributed by atoms with Crippen molar-refractivity contribution < 1.29 is 5.11 Å². The van der Waals surface area contributed by atoms with Crippen molar-refractivity contribution in [3.63, 3.8) is 0 Å². The van der Waals surface area contributed by atoms with Gasteiger partial charge in [0.25, 0.3) is 0 Å². The quantitative estimate of drug-likeness (QED) is 0.846. The van der Waals surface area contributed by atoms with Crippen molar-refractivity contribution in [1.29, 1.82) is 5.26 Å². The number of halogens is 1. The van der Waals surface area contributed by atoms with Crippen LogP contribution in [0.4, 0.5) is 5.69 Å². The summed E-state index contributed by atoms with van der Waals surface area (Å²) < 4.78 is 0. The predicted molar refractivity (Wildman–Crippen MR) is 70.2 cm³/mol. The Labute approximate surface area is 107 Å². The van der Waals surface area contributed by atoms with Crippen LogP contribution in [0.5, 0.6) is 0 Å². The lowest BCUT2D eigenvalue weighted by Gasteiger charge is -2.26. The summed E-state index contributed by atoms with van der Waals surface area (Å²) >= 11 is 5.92. The average Bonchev–Trinajstić information content (AvgIpc) is 2.36. The number of aliphatic hydroxyl groups is 1. The van der Waals surface area contributed by atoms with Gasteiger partial charge in [0.2, 0.25) is 0 Å². The maximum atomic E-state index is 10.1. The van der Waals surface area contributed by atoms with Gasteiger partial charge in [0.1, 0.15) is 6.07 Å². The minimum absolute atomic E-state index is 0.412. The molecule has 0 bridgehead atoms. The summed E-state index contributed by atoms with van der Waals surface area (Å²) in [6, 6.07) is 7.31. The average molecular weight is 253 g/mol. The number of anilines is 1. The monoisotopic (exact) mass is 252 g/mol. The highest BCUT2D eigenvalue weighted by Gasteiger charge is 2.22. The minimum Gasteiger partial charge on any atom is -0.388 e. The van der Waals surface area contributed by atoms with Gasteiger partial charge in [-0.3, -0.25) is 0 Å². The Morgan fingerprint density at radius 1 is 1.41 bits per heavy atom. The second kappa shape index (κ2) is 5.90. The van der Waals surface area contributed by atoms with E-state index in [0.29, 0.717) is 35.7 Å². The molecule has 17 heavy (non-hydrogen) atoms. The van der Waals surface area contributed by atoms with Gasteiger partial charge in [-0.05, 0) is 25.0 Å². The number of benzene rings is 1. The highest BCUT2D eigenvalue weighted by Crippen LogP contribution is 2.24. The first-order valence-corrected chi connectivity index (χ1v) is 6.09. The molecule has 0 atom stereocenters. The summed E-state index contributed by atoms with van der Waals surface area (Å²) in [4.78, 5) is 0. The molecule has 0 heterocycles. The van der Waals surface area contributed by atoms with Crippen molar-refractivity contribution in [2.75, 3.05) is 11.9 Å². The van der Waals surface area contributed by atoms with E-state index in [1.165, 1.54) is 0 Å². The molecular weight excluding hydrogens is 236 g/mol. The summed E-state index contributed by atoms with van der Waals surface area (Å²) in [5.74, 6) is 0. The predicted octanol–water partition coefficient (Wildman–Crippen LogP) is 3.17. The highest BCUT2D eigenvalue weighted by atomic mass is 35.5. The van der Waals surface area contributed by atoms with Crippen LogP contribution in [0.3, 0.4) is 0 Å². The van der Waals surface area contributed by atoms with Crippen molar-refractivity contribution in [1.82, 2.24) is 0 Å². The van der Waals surface area contributed by atoms with Gasteiger partial charge in [0.05, 0.1) is 21.9 Å². The smallest absolute Gasteiger partial charge is 0.103 e. The van der Waals surface area contributed by atoms with E-state index >= 15 is 0 Å². The van der Waals surface area contributed by atoms with Crippen LogP contribution >= 0.6 is 11.6 Å². The molecular formula is C13H17ClN2O. The molecule has 1 rings (SSSR count). The topological polar surface area (TPSA) is 56.0 Å². The largest absolute Gasteiger partial charge is 0.388 e. The lowest BCUT2D eigenvalue weighted by atomic mass is 9.97. The molecule has 0 aliphatic carbocycles. The van der Waals surface area contributed by atoms with Gasteiger partial charge in [0.15, 0.2) is 0 Å². The van der Waals surface area contributed by atoms with Crippen LogP contribution in [0.1, 0.15) is 32.3 Å². The van der Waals surface area contributed by atoms with Crippen LogP contribution in [-0.2, 0) is 0 Å². The number of hydrogen-bond donors (Lipinski definition) is 2. The van der Waals surface area contributed by atoms with Crippen LogP contribution in [0.15, 0.2) is 18.2 Å². The van der Waals surface area contributed by atoms with Gasteiger partial charge in [-0.2, -0.15) is 5.26 Å². The first-order chi connectivity index (χ1) is 8.06. The zero-order valence-electron chi connectivity index (χ0n) is 10.1. The van der Waals surface area contributed by atoms with E-state index in [9.17, 15) is 5.11 Å². The van der Waals surface area contributed by atoms with E-state index in [2.05, 4.69) is 11.4 Å². The van der Waals surface area contributed by atoms with E-state index in [0.717, 1.165) is 0 Å². The van der Waals surface area contributed by atoms with Crippen LogP contribution in [-0.4, -0.2) is 17.3 Å². The molecule has 0 aromatic heterocycles. The van der Waals surface area contributed by atoms with Crippen molar-refractivity contribution in [2.45, 2.75) is 32.3 Å². The van der Waals surface area contributed by atoms with Crippen LogP contribution in [0.2, 0.25) is 5.02 Å². The third-order valence-electron chi connectivity index (χ3n) is 3.05. The number of hydrogen-bond acceptors (Lipinski definition) is 3. The first-order valence-electron chi connectivity index (χ1n) is 5.71. The summed E-state index contributed by atoms with van der Waals surface area (Å²) in [5.41, 5.74) is 0.346. The molecule has 0 amide bonds. The maximum absolute atomic E-state index is 10.1. The molecule has 0 unspecified atom stereocenters. The normalized spacial score (nSPS) is 11.0. The summed E-state index contributed by atoms with van der Waals surface area (Å²) in [5, 5.41) is 22.7. The molecule has 0 fully saturated rings. The Hall–Kier alpha value is -1.24. The van der Waals surface area contributed by atoms with Gasteiger partial charge in [-0.15, -0.1) is 0 Å². The fourth-order valence-electron chi connectivity index (χ4n) is 1.54. The van der Waals surface area contributed by atoms with Gasteiger partial charge in [0, 0.05) is 6.54 Å². The van der Waals surface area contributed by atoms with Crippen molar-refractivity contribution in [3.05, 3.63) is 28.8 Å². The summed E-state index contributed by atoms with van der Waals surface area (Å²) in [6.07, 6.45) is 1.33. The molecule has 92 valence electrons. The van der Waals surface area contributed by atoms with E-state index in [1.54, 1.807) is 18.2 Å². The van der Waals surface area contributed by atoms with Gasteiger partial charge in [-0.1, -0.05) is 31.5 Å². The lowest BCUT2D eigenvalue weighted by Crippen LogP contribution is -2.35. The maximum Gasteiger partial charge on any atom is 0.103 e. The second-order valence-electron chi connectivity index (χ2n) is 4.06. The van der Waals surface area contributed by atoms with E-state index < -0.39 is 5.60 Å². The SMILES string of the molecule is CCC(O)(CC)CNc1cccc(Cl)c1C#N. The molecule has 2 N–H and O–H groups in total. The van der Waals surface area contributed by atoms with Crippen LogP contribution in [0, 0.1) is 11.3 Å². The van der Waals surface area contributed by atoms with Gasteiger partial charge in [-0.25, -0.2) is 0 Å². The zero-order valence-corrected chi connectivity index (χ0v) is 10.9. The first kappa shape index (κ1) is 13.8. The number of nitrogens with one attached hydrogen (secondary N) is 1. The fraction of sp³-hybridized carbons (Fsp3) is 0.462. The number of nitrogens with zero attached hydrogens (tertiary/aromatic N) is 1. The van der Waals surface area contributed by atoms with Crippen molar-refractivity contribution in [3.8, 4) is 6.07 Å². The summed E-state index contributed by atoms with van der Waals surface area (Å²) in [7, 11) is 0. The standard InChI is InChI=1S/C13H17ClN2O/c1-3-13(17,4-2)9-16-12-7-5-6-11(14)10(12)8-15/h5-7,16-17H,3-4,9H2,1-2H3. The molecule has 0 radical (unpaired) electrons. The van der Waals surface area contributed by atoms with Gasteiger partial charge < -0.3 is 10.4 Å². The van der Waals surface area contributed by atoms with Crippen LogP contribution in [0.25, 0.3) is 0 Å². The molecule has 4 heteroatoms. The molecule has 1 aromatic carbocycles. The molecule has 0 spiro atoms. The van der Waals surface area contributed by atoms with E-state index in [1.807, 2.05) is 13.8 Å². The third-order valence-corrected chi connectivity index (χ3v) is 3.36. The van der Waals surface area contributed by atoms with E-state index in [-0.39, 0.29) is 0 Å². The second-order valence-corrected chi connectivity index (χ2v) is 4.47. The number of rotatable bonds is 5. The molecule has 0 aliphatic rings. The fourth-order valence-corrected chi connectivity index (χ4v) is 1.76. The Morgan fingerprint density at radius 3 is 2.59 bits per heavy atom. The van der Waals surface area contributed by atoms with Crippen molar-refractivity contribution in [2.24, 2.45) is 0 Å². The Bertz CT molecular complexity index is 422. The zero-order chi connectivity index (χ0) is 12.9. The Balaban J connectivity index is 2.83. The molecule has 1 aromatic rings.